The van der Waals surface area contributed by atoms with Crippen molar-refractivity contribution in [3.8, 4) is 0 Å². The number of thiophene rings is 1. The summed E-state index contributed by atoms with van der Waals surface area (Å²) in [4.78, 5) is 12.5. The second kappa shape index (κ2) is 6.56. The van der Waals surface area contributed by atoms with Gasteiger partial charge in [0.05, 0.1) is 15.8 Å². The summed E-state index contributed by atoms with van der Waals surface area (Å²) in [6.07, 6.45) is 0. The Morgan fingerprint density at radius 1 is 1.38 bits per heavy atom. The number of benzene rings is 1. The number of amides is 1. The lowest BCUT2D eigenvalue weighted by molar-refractivity contribution is 0.000423. The van der Waals surface area contributed by atoms with Crippen molar-refractivity contribution in [2.24, 2.45) is 0 Å². The molecule has 1 aromatic carbocycles. The summed E-state index contributed by atoms with van der Waals surface area (Å²) in [5, 5.41) is 2.75. The van der Waals surface area contributed by atoms with E-state index in [1.165, 1.54) is 24.5 Å². The Hall–Kier alpha value is -1.43. The molecule has 2 aromatic rings. The Labute approximate surface area is 131 Å². The lowest BCUT2D eigenvalue weighted by Gasteiger charge is -2.29. The first-order valence-corrected chi connectivity index (χ1v) is 7.49. The Kier molecular flexibility index (Phi) is 4.98. The number of rotatable bonds is 5. The molecular weight excluding hydrogens is 313 g/mol. The van der Waals surface area contributed by atoms with Crippen LogP contribution in [0.15, 0.2) is 36.4 Å². The van der Waals surface area contributed by atoms with Crippen molar-refractivity contribution >= 4 is 28.8 Å². The standard InChI is InChI=1S/C15H15ClFNO2S/c1-15(20-2,10-5-3-4-6-11(10)17)9-18-14(19)12-7-8-13(16)21-12/h3-8H,9H2,1-2H3,(H,18,19)/t15-/m1/s1. The van der Waals surface area contributed by atoms with Crippen LogP contribution in [-0.4, -0.2) is 19.6 Å². The van der Waals surface area contributed by atoms with Crippen LogP contribution in [0.1, 0.15) is 22.2 Å². The quantitative estimate of drug-likeness (QED) is 0.906. The normalized spacial score (nSPS) is 13.7. The van der Waals surface area contributed by atoms with Gasteiger partial charge in [-0.15, -0.1) is 11.3 Å². The smallest absolute Gasteiger partial charge is 0.261 e. The van der Waals surface area contributed by atoms with Gasteiger partial charge in [-0.25, -0.2) is 4.39 Å². The van der Waals surface area contributed by atoms with Crippen LogP contribution in [0, 0.1) is 5.82 Å². The topological polar surface area (TPSA) is 38.3 Å². The van der Waals surface area contributed by atoms with Crippen LogP contribution in [0.25, 0.3) is 0 Å². The molecule has 2 rings (SSSR count). The van der Waals surface area contributed by atoms with E-state index >= 15 is 0 Å². The average molecular weight is 328 g/mol. The van der Waals surface area contributed by atoms with E-state index in [0.717, 1.165) is 0 Å². The summed E-state index contributed by atoms with van der Waals surface area (Å²) in [6, 6.07) is 9.67. The first-order chi connectivity index (χ1) is 9.96. The van der Waals surface area contributed by atoms with Crippen LogP contribution >= 0.6 is 22.9 Å². The van der Waals surface area contributed by atoms with Crippen LogP contribution in [0.2, 0.25) is 4.34 Å². The largest absolute Gasteiger partial charge is 0.372 e. The zero-order chi connectivity index (χ0) is 15.5. The molecule has 1 amide bonds. The lowest BCUT2D eigenvalue weighted by atomic mass is 9.95. The number of nitrogens with one attached hydrogen (secondary N) is 1. The molecule has 0 spiro atoms. The van der Waals surface area contributed by atoms with E-state index in [1.54, 1.807) is 37.3 Å². The Morgan fingerprint density at radius 3 is 2.67 bits per heavy atom. The zero-order valence-corrected chi connectivity index (χ0v) is 13.2. The highest BCUT2D eigenvalue weighted by atomic mass is 35.5. The second-order valence-electron chi connectivity index (χ2n) is 4.70. The summed E-state index contributed by atoms with van der Waals surface area (Å²) in [5.41, 5.74) is -0.542. The van der Waals surface area contributed by atoms with E-state index in [4.69, 9.17) is 16.3 Å². The fraction of sp³-hybridized carbons (Fsp3) is 0.267. The van der Waals surface area contributed by atoms with Crippen LogP contribution in [0.3, 0.4) is 0 Å². The van der Waals surface area contributed by atoms with Crippen molar-refractivity contribution < 1.29 is 13.9 Å². The highest BCUT2D eigenvalue weighted by molar-refractivity contribution is 7.17. The van der Waals surface area contributed by atoms with Crippen LogP contribution in [0.5, 0.6) is 0 Å². The van der Waals surface area contributed by atoms with E-state index in [2.05, 4.69) is 5.32 Å². The SMILES string of the molecule is CO[C@](C)(CNC(=O)c1ccc(Cl)s1)c1ccccc1F. The molecule has 0 aliphatic rings. The van der Waals surface area contributed by atoms with Gasteiger partial charge in [-0.1, -0.05) is 29.8 Å². The fourth-order valence-electron chi connectivity index (χ4n) is 1.94. The molecule has 0 aliphatic heterocycles. The number of halogens is 2. The third kappa shape index (κ3) is 3.61. The van der Waals surface area contributed by atoms with Gasteiger partial charge in [0, 0.05) is 12.7 Å². The first-order valence-electron chi connectivity index (χ1n) is 6.30. The molecule has 0 unspecified atom stereocenters. The number of methoxy groups -OCH3 is 1. The Morgan fingerprint density at radius 2 is 2.10 bits per heavy atom. The maximum absolute atomic E-state index is 13.9. The maximum atomic E-state index is 13.9. The number of hydrogen-bond acceptors (Lipinski definition) is 3. The monoisotopic (exact) mass is 327 g/mol. The van der Waals surface area contributed by atoms with Gasteiger partial charge >= 0.3 is 0 Å². The molecule has 0 radical (unpaired) electrons. The van der Waals surface area contributed by atoms with Gasteiger partial charge in [-0.05, 0) is 25.1 Å². The Balaban J connectivity index is 2.12. The lowest BCUT2D eigenvalue weighted by Crippen LogP contribution is -2.40. The van der Waals surface area contributed by atoms with Crippen molar-refractivity contribution in [3.05, 3.63) is 57.0 Å². The van der Waals surface area contributed by atoms with Crippen molar-refractivity contribution in [3.63, 3.8) is 0 Å². The van der Waals surface area contributed by atoms with Crippen molar-refractivity contribution in [2.45, 2.75) is 12.5 Å². The molecule has 6 heteroatoms. The van der Waals surface area contributed by atoms with E-state index < -0.39 is 5.60 Å². The zero-order valence-electron chi connectivity index (χ0n) is 11.7. The predicted octanol–water partition coefficient (Wildman–Crippen LogP) is 3.83. The first kappa shape index (κ1) is 15.9. The molecule has 0 aliphatic carbocycles. The minimum Gasteiger partial charge on any atom is -0.372 e. The third-order valence-corrected chi connectivity index (χ3v) is 4.51. The summed E-state index contributed by atoms with van der Waals surface area (Å²) in [7, 11) is 1.49. The summed E-state index contributed by atoms with van der Waals surface area (Å²) < 4.78 is 19.9. The minimum atomic E-state index is -0.942. The number of carbonyl (C=O) groups excluding carboxylic acids is 1. The molecule has 1 atom stereocenters. The molecule has 0 saturated carbocycles. The van der Waals surface area contributed by atoms with Crippen molar-refractivity contribution in [2.75, 3.05) is 13.7 Å². The van der Waals surface area contributed by atoms with Crippen LogP contribution in [-0.2, 0) is 10.3 Å². The highest BCUT2D eigenvalue weighted by Crippen LogP contribution is 2.27. The van der Waals surface area contributed by atoms with Crippen molar-refractivity contribution in [1.82, 2.24) is 5.32 Å². The van der Waals surface area contributed by atoms with Gasteiger partial charge in [0.25, 0.3) is 5.91 Å². The molecular formula is C15H15ClFNO2S. The molecule has 0 bridgehead atoms. The minimum absolute atomic E-state index is 0.152. The molecule has 1 heterocycles. The molecule has 0 saturated heterocycles. The van der Waals surface area contributed by atoms with Gasteiger partial charge in [-0.2, -0.15) is 0 Å². The van der Waals surface area contributed by atoms with Crippen LogP contribution in [0.4, 0.5) is 4.39 Å². The number of carbonyl (C=O) groups is 1. The van der Waals surface area contributed by atoms with E-state index in [9.17, 15) is 9.18 Å². The van der Waals surface area contributed by atoms with E-state index in [0.29, 0.717) is 14.8 Å². The Bertz CT molecular complexity index is 646. The van der Waals surface area contributed by atoms with Gasteiger partial charge in [0.15, 0.2) is 0 Å². The van der Waals surface area contributed by atoms with E-state index in [1.807, 2.05) is 0 Å². The number of ether oxygens (including phenoxy) is 1. The molecule has 1 N–H and O–H groups in total. The summed E-state index contributed by atoms with van der Waals surface area (Å²) >= 11 is 6.99. The predicted molar refractivity (Wildman–Crippen MR) is 82.4 cm³/mol. The average Bonchev–Trinajstić information content (AvgIpc) is 2.91. The van der Waals surface area contributed by atoms with Crippen LogP contribution < -0.4 is 5.32 Å². The van der Waals surface area contributed by atoms with E-state index in [-0.39, 0.29) is 18.3 Å². The molecule has 21 heavy (non-hydrogen) atoms. The molecule has 3 nitrogen and oxygen atoms in total. The van der Waals surface area contributed by atoms with Gasteiger partial charge in [-0.3, -0.25) is 4.79 Å². The van der Waals surface area contributed by atoms with Gasteiger partial charge in [0.1, 0.15) is 11.4 Å². The highest BCUT2D eigenvalue weighted by Gasteiger charge is 2.30. The number of hydrogen-bond donors (Lipinski definition) is 1. The van der Waals surface area contributed by atoms with Crippen molar-refractivity contribution in [1.29, 1.82) is 0 Å². The third-order valence-electron chi connectivity index (χ3n) is 3.28. The molecule has 1 aromatic heterocycles. The fourth-order valence-corrected chi connectivity index (χ4v) is 2.90. The maximum Gasteiger partial charge on any atom is 0.261 e. The van der Waals surface area contributed by atoms with Gasteiger partial charge < -0.3 is 10.1 Å². The summed E-state index contributed by atoms with van der Waals surface area (Å²) in [5.74, 6) is -0.623. The molecule has 0 fully saturated rings. The van der Waals surface area contributed by atoms with Gasteiger partial charge in [0.2, 0.25) is 0 Å². The second-order valence-corrected chi connectivity index (χ2v) is 6.42. The summed E-state index contributed by atoms with van der Waals surface area (Å²) in [6.45, 7) is 1.88. The molecule has 112 valence electrons.